The van der Waals surface area contributed by atoms with Gasteiger partial charge in [-0.3, -0.25) is 9.69 Å². The Bertz CT molecular complexity index is 1000. The highest BCUT2D eigenvalue weighted by Crippen LogP contribution is 2.38. The van der Waals surface area contributed by atoms with Crippen molar-refractivity contribution in [3.63, 3.8) is 0 Å². The van der Waals surface area contributed by atoms with Gasteiger partial charge in [-0.25, -0.2) is 0 Å². The summed E-state index contributed by atoms with van der Waals surface area (Å²) in [6, 6.07) is 24.9. The van der Waals surface area contributed by atoms with Crippen LogP contribution < -0.4 is 4.74 Å². The van der Waals surface area contributed by atoms with E-state index in [1.54, 1.807) is 7.11 Å². The molecule has 3 nitrogen and oxygen atoms in total. The molecule has 0 aromatic heterocycles. The van der Waals surface area contributed by atoms with Crippen LogP contribution in [0.1, 0.15) is 29.0 Å². The summed E-state index contributed by atoms with van der Waals surface area (Å²) in [6.07, 6.45) is 0.568. The van der Waals surface area contributed by atoms with Gasteiger partial charge in [0.05, 0.1) is 11.6 Å². The number of rotatable bonds is 6. The average Bonchev–Trinajstić information content (AvgIpc) is 2.77. The molecule has 0 saturated carbocycles. The molecular weight excluding hydrogens is 518 g/mol. The third-order valence-electron chi connectivity index (χ3n) is 5.95. The van der Waals surface area contributed by atoms with Gasteiger partial charge in [-0.2, -0.15) is 0 Å². The average molecular weight is 543 g/mol. The Morgan fingerprint density at radius 3 is 2.19 bits per heavy atom. The highest BCUT2D eigenvalue weighted by molar-refractivity contribution is 9.11. The summed E-state index contributed by atoms with van der Waals surface area (Å²) in [6.45, 7) is 2.22. The van der Waals surface area contributed by atoms with Crippen LogP contribution >= 0.6 is 31.9 Å². The molecule has 160 valence electrons. The van der Waals surface area contributed by atoms with Crippen LogP contribution in [0.3, 0.4) is 0 Å². The smallest absolute Gasteiger partial charge is 0.139 e. The summed E-state index contributed by atoms with van der Waals surface area (Å²) >= 11 is 7.19. The summed E-state index contributed by atoms with van der Waals surface area (Å²) in [5.74, 6) is 1.16. The Kier molecular flexibility index (Phi) is 7.26. The second kappa shape index (κ2) is 10.1. The van der Waals surface area contributed by atoms with Crippen molar-refractivity contribution in [3.8, 4) is 5.75 Å². The highest BCUT2D eigenvalue weighted by Gasteiger charge is 2.35. The first-order valence-corrected chi connectivity index (χ1v) is 12.0. The monoisotopic (exact) mass is 541 g/mol. The lowest BCUT2D eigenvalue weighted by atomic mass is 9.76. The van der Waals surface area contributed by atoms with Crippen molar-refractivity contribution in [2.75, 3.05) is 20.2 Å². The van der Waals surface area contributed by atoms with Gasteiger partial charge in [0.25, 0.3) is 0 Å². The third-order valence-corrected chi connectivity index (χ3v) is 6.99. The molecule has 5 heteroatoms. The van der Waals surface area contributed by atoms with Gasteiger partial charge in [0.1, 0.15) is 11.5 Å². The summed E-state index contributed by atoms with van der Waals surface area (Å²) in [5, 5.41) is 0. The Labute approximate surface area is 200 Å². The Hall–Kier alpha value is -1.95. The van der Waals surface area contributed by atoms with Gasteiger partial charge in [-0.05, 0) is 39.2 Å². The van der Waals surface area contributed by atoms with Crippen molar-refractivity contribution >= 4 is 37.6 Å². The molecule has 0 aliphatic carbocycles. The number of ether oxygens (including phenoxy) is 1. The zero-order valence-corrected chi connectivity index (χ0v) is 20.6. The van der Waals surface area contributed by atoms with E-state index < -0.39 is 0 Å². The topological polar surface area (TPSA) is 29.5 Å². The number of methoxy groups -OCH3 is 1. The third kappa shape index (κ3) is 5.11. The first kappa shape index (κ1) is 22.3. The van der Waals surface area contributed by atoms with Crippen LogP contribution in [-0.4, -0.2) is 30.9 Å². The first-order valence-electron chi connectivity index (χ1n) is 10.4. The second-order valence-corrected chi connectivity index (χ2v) is 9.71. The molecule has 1 aliphatic rings. The Morgan fingerprint density at radius 1 is 1.00 bits per heavy atom. The van der Waals surface area contributed by atoms with Gasteiger partial charge in [-0.15, -0.1) is 0 Å². The van der Waals surface area contributed by atoms with Gasteiger partial charge < -0.3 is 4.74 Å². The molecule has 3 aromatic rings. The predicted molar refractivity (Wildman–Crippen MR) is 132 cm³/mol. The van der Waals surface area contributed by atoms with Crippen LogP contribution in [0.5, 0.6) is 5.75 Å². The van der Waals surface area contributed by atoms with Crippen LogP contribution in [0.15, 0.2) is 81.7 Å². The SMILES string of the molecule is COc1c(Br)cc(Br)cc1CN1CCC(=O)C(C(c2ccccc2)c2ccccc2)C1. The standard InChI is InChI=1S/C26H25Br2NO2/c1-31-26-20(14-21(27)15-23(26)28)16-29-13-12-24(30)22(17-29)25(18-8-4-2-5-9-18)19-10-6-3-7-11-19/h2-11,14-15,22,25H,12-13,16-17H2,1H3. The van der Waals surface area contributed by atoms with Crippen molar-refractivity contribution in [2.45, 2.75) is 18.9 Å². The van der Waals surface area contributed by atoms with E-state index in [4.69, 9.17) is 4.74 Å². The zero-order chi connectivity index (χ0) is 21.8. The van der Waals surface area contributed by atoms with Crippen molar-refractivity contribution in [2.24, 2.45) is 5.92 Å². The second-order valence-electron chi connectivity index (χ2n) is 7.94. The number of hydrogen-bond acceptors (Lipinski definition) is 3. The van der Waals surface area contributed by atoms with E-state index in [9.17, 15) is 4.79 Å². The molecule has 1 saturated heterocycles. The fourth-order valence-corrected chi connectivity index (χ4v) is 6.01. The van der Waals surface area contributed by atoms with E-state index in [0.29, 0.717) is 12.2 Å². The van der Waals surface area contributed by atoms with E-state index in [0.717, 1.165) is 39.9 Å². The molecule has 0 radical (unpaired) electrons. The minimum atomic E-state index is -0.0832. The minimum Gasteiger partial charge on any atom is -0.495 e. The fourth-order valence-electron chi connectivity index (χ4n) is 4.54. The number of hydrogen-bond donors (Lipinski definition) is 0. The number of likely N-dealkylation sites (tertiary alicyclic amines) is 1. The van der Waals surface area contributed by atoms with Crippen molar-refractivity contribution in [3.05, 3.63) is 98.4 Å². The molecule has 0 spiro atoms. The lowest BCUT2D eigenvalue weighted by molar-refractivity contribution is -0.126. The summed E-state index contributed by atoms with van der Waals surface area (Å²) in [4.78, 5) is 15.5. The maximum atomic E-state index is 13.1. The number of nitrogens with zero attached hydrogens (tertiary/aromatic N) is 1. The molecule has 1 fully saturated rings. The van der Waals surface area contributed by atoms with E-state index in [1.807, 2.05) is 18.2 Å². The van der Waals surface area contributed by atoms with Crippen LogP contribution in [0, 0.1) is 5.92 Å². The largest absolute Gasteiger partial charge is 0.495 e. The van der Waals surface area contributed by atoms with E-state index >= 15 is 0 Å². The molecular formula is C26H25Br2NO2. The first-order chi connectivity index (χ1) is 15.1. The van der Waals surface area contributed by atoms with E-state index in [-0.39, 0.29) is 11.8 Å². The van der Waals surface area contributed by atoms with Gasteiger partial charge in [0.2, 0.25) is 0 Å². The number of halogens is 2. The van der Waals surface area contributed by atoms with Crippen LogP contribution in [0.25, 0.3) is 0 Å². The van der Waals surface area contributed by atoms with Crippen molar-refractivity contribution in [1.82, 2.24) is 4.90 Å². The number of benzene rings is 3. The summed E-state index contributed by atoms with van der Waals surface area (Å²) in [7, 11) is 1.70. The number of carbonyl (C=O) groups excluding carboxylic acids is 1. The number of piperidine rings is 1. The predicted octanol–water partition coefficient (Wildman–Crippen LogP) is 6.44. The van der Waals surface area contributed by atoms with Gasteiger partial charge in [0.15, 0.2) is 0 Å². The van der Waals surface area contributed by atoms with Gasteiger partial charge >= 0.3 is 0 Å². The number of carbonyl (C=O) groups is 1. The molecule has 1 unspecified atom stereocenters. The lowest BCUT2D eigenvalue weighted by Crippen LogP contribution is -2.43. The van der Waals surface area contributed by atoms with Crippen LogP contribution in [-0.2, 0) is 11.3 Å². The van der Waals surface area contributed by atoms with Crippen molar-refractivity contribution < 1.29 is 9.53 Å². The van der Waals surface area contributed by atoms with Crippen LogP contribution in [0.2, 0.25) is 0 Å². The minimum absolute atomic E-state index is 0.0499. The highest BCUT2D eigenvalue weighted by atomic mass is 79.9. The van der Waals surface area contributed by atoms with Gasteiger partial charge in [-0.1, -0.05) is 76.6 Å². The summed E-state index contributed by atoms with van der Waals surface area (Å²) in [5.41, 5.74) is 3.49. The molecule has 1 heterocycles. The molecule has 0 bridgehead atoms. The number of ketones is 1. The maximum Gasteiger partial charge on any atom is 0.139 e. The Morgan fingerprint density at radius 2 is 1.61 bits per heavy atom. The number of Topliss-reactive ketones (excluding diaryl/α,β-unsaturated/α-hetero) is 1. The molecule has 1 aliphatic heterocycles. The molecule has 31 heavy (non-hydrogen) atoms. The zero-order valence-electron chi connectivity index (χ0n) is 17.4. The normalized spacial score (nSPS) is 17.2. The lowest BCUT2D eigenvalue weighted by Gasteiger charge is -2.36. The molecule has 0 N–H and O–H groups in total. The molecule has 4 rings (SSSR count). The maximum absolute atomic E-state index is 13.1. The molecule has 3 aromatic carbocycles. The van der Waals surface area contributed by atoms with E-state index in [1.165, 1.54) is 11.1 Å². The quantitative estimate of drug-likeness (QED) is 0.359. The summed E-state index contributed by atoms with van der Waals surface area (Å²) < 4.78 is 7.58. The molecule has 0 amide bonds. The van der Waals surface area contributed by atoms with Crippen LogP contribution in [0.4, 0.5) is 0 Å². The van der Waals surface area contributed by atoms with E-state index in [2.05, 4.69) is 91.4 Å². The van der Waals surface area contributed by atoms with Gasteiger partial charge in [0, 0.05) is 47.9 Å². The fraction of sp³-hybridized carbons (Fsp3) is 0.269. The Balaban J connectivity index is 1.64. The van der Waals surface area contributed by atoms with Crippen molar-refractivity contribution in [1.29, 1.82) is 0 Å². The molecule has 1 atom stereocenters.